The molecule has 0 bridgehead atoms. The third kappa shape index (κ3) is 8.25. The molecule has 0 radical (unpaired) electrons. The van der Waals surface area contributed by atoms with Gasteiger partial charge in [0.05, 0.1) is 36.9 Å². The Morgan fingerprint density at radius 2 is 1.37 bits per heavy atom. The van der Waals surface area contributed by atoms with Gasteiger partial charge in [0.15, 0.2) is 12.6 Å². The number of aliphatic hydroxyl groups is 5. The molecular weight excluding hydrogens is 584 g/mol. The number of hydrogen-bond donors (Lipinski definition) is 11. The first-order valence-electron chi connectivity index (χ1n) is 13.4. The highest BCUT2D eigenvalue weighted by molar-refractivity contribution is 5.72. The highest BCUT2D eigenvalue weighted by Gasteiger charge is 2.52. The Hall–Kier alpha value is -3.21. The summed E-state index contributed by atoms with van der Waals surface area (Å²) in [5, 5.41) is 64.6. The van der Waals surface area contributed by atoms with Crippen molar-refractivity contribution in [1.82, 2.24) is 26.6 Å². The molecule has 1 aliphatic carbocycles. The van der Waals surface area contributed by atoms with Crippen molar-refractivity contribution in [1.29, 1.82) is 0 Å². The number of carbonyl (C=O) groups excluding carboxylic acids is 5. The summed E-state index contributed by atoms with van der Waals surface area (Å²) in [7, 11) is 0. The van der Waals surface area contributed by atoms with Crippen LogP contribution in [0.1, 0.15) is 12.8 Å². The number of ether oxygens (including phenoxy) is 4. The van der Waals surface area contributed by atoms with Crippen LogP contribution in [0.4, 0.5) is 4.79 Å². The maximum absolute atomic E-state index is 11.8. The summed E-state index contributed by atoms with van der Waals surface area (Å²) in [4.78, 5) is 56.4. The van der Waals surface area contributed by atoms with Crippen molar-refractivity contribution >= 4 is 31.7 Å². The molecule has 0 unspecified atom stereocenters. The lowest BCUT2D eigenvalue weighted by Crippen LogP contribution is -2.70. The molecule has 2 saturated heterocycles. The zero-order valence-electron chi connectivity index (χ0n) is 22.7. The third-order valence-electron chi connectivity index (χ3n) is 7.56. The maximum Gasteiger partial charge on any atom is 0.312 e. The predicted molar refractivity (Wildman–Crippen MR) is 137 cm³/mol. The normalized spacial score (nSPS) is 41.2. The molecular formula is C23H38N6O14. The lowest BCUT2D eigenvalue weighted by atomic mass is 9.83. The van der Waals surface area contributed by atoms with E-state index in [0.717, 1.165) is 0 Å². The molecule has 0 aromatic heterocycles. The second kappa shape index (κ2) is 16.0. The highest BCUT2D eigenvalue weighted by atomic mass is 16.7. The Labute approximate surface area is 244 Å². The molecule has 20 nitrogen and oxygen atoms in total. The number of rotatable bonds is 15. The van der Waals surface area contributed by atoms with Crippen molar-refractivity contribution in [2.24, 2.45) is 5.73 Å². The summed E-state index contributed by atoms with van der Waals surface area (Å²) in [6.07, 6.45) is -13.4. The maximum atomic E-state index is 11.8. The van der Waals surface area contributed by atoms with Crippen molar-refractivity contribution in [3.63, 3.8) is 0 Å². The molecule has 20 heteroatoms. The van der Waals surface area contributed by atoms with Crippen LogP contribution in [0.15, 0.2) is 0 Å². The molecule has 0 spiro atoms. The van der Waals surface area contributed by atoms with E-state index in [4.69, 9.17) is 24.7 Å². The SMILES string of the molecule is NC(=O)N[C@H]1C[C@@H](NC=O)[C@H](O[C@H]2O[C@H](CO)[C@@H](O)[C@H](NC=O)[C@H]2O)[C@@H](O)[C@@H]1O[C@H]1O[C@H](CNC=O)[C@@H](O)C[C@H]1NC=O. The van der Waals surface area contributed by atoms with E-state index in [1.165, 1.54) is 0 Å². The van der Waals surface area contributed by atoms with E-state index < -0.39 is 98.2 Å². The number of nitrogens with two attached hydrogens (primary N) is 1. The molecule has 12 N–H and O–H groups in total. The van der Waals surface area contributed by atoms with Crippen LogP contribution < -0.4 is 32.3 Å². The van der Waals surface area contributed by atoms with Crippen LogP contribution in [0, 0.1) is 0 Å². The number of aliphatic hydroxyl groups excluding tert-OH is 5. The smallest absolute Gasteiger partial charge is 0.312 e. The quantitative estimate of drug-likeness (QED) is 0.0756. The van der Waals surface area contributed by atoms with Gasteiger partial charge in [-0.2, -0.15) is 0 Å². The Kier molecular flexibility index (Phi) is 12.8. The second-order valence-electron chi connectivity index (χ2n) is 10.2. The molecule has 1 saturated carbocycles. The van der Waals surface area contributed by atoms with Crippen molar-refractivity contribution in [2.75, 3.05) is 13.2 Å². The lowest BCUT2D eigenvalue weighted by molar-refractivity contribution is -0.318. The van der Waals surface area contributed by atoms with Crippen LogP contribution >= 0.6 is 0 Å². The Morgan fingerprint density at radius 1 is 0.767 bits per heavy atom. The molecule has 6 amide bonds. The number of hydrogen-bond acceptors (Lipinski definition) is 14. The van der Waals surface area contributed by atoms with E-state index in [1.54, 1.807) is 0 Å². The van der Waals surface area contributed by atoms with Gasteiger partial charge in [-0.05, 0) is 6.42 Å². The van der Waals surface area contributed by atoms with E-state index in [-0.39, 0.29) is 25.8 Å². The number of primary amides is 1. The van der Waals surface area contributed by atoms with Gasteiger partial charge in [0.25, 0.3) is 0 Å². The summed E-state index contributed by atoms with van der Waals surface area (Å²) < 4.78 is 23.2. The van der Waals surface area contributed by atoms with Gasteiger partial charge in [-0.1, -0.05) is 0 Å². The minimum absolute atomic E-state index is 0.0846. The molecule has 3 aliphatic rings. The molecule has 3 fully saturated rings. The van der Waals surface area contributed by atoms with Crippen molar-refractivity contribution in [2.45, 2.75) is 98.4 Å². The van der Waals surface area contributed by atoms with E-state index in [0.29, 0.717) is 19.2 Å². The molecule has 0 aromatic carbocycles. The fourth-order valence-corrected chi connectivity index (χ4v) is 5.50. The summed E-state index contributed by atoms with van der Waals surface area (Å²) in [5.41, 5.74) is 5.33. The minimum Gasteiger partial charge on any atom is -0.394 e. The lowest BCUT2D eigenvalue weighted by Gasteiger charge is -2.49. The van der Waals surface area contributed by atoms with Gasteiger partial charge in [0, 0.05) is 13.0 Å². The first-order chi connectivity index (χ1) is 20.6. The van der Waals surface area contributed by atoms with Gasteiger partial charge in [0.2, 0.25) is 25.6 Å². The van der Waals surface area contributed by atoms with E-state index >= 15 is 0 Å². The van der Waals surface area contributed by atoms with Crippen LogP contribution in [0.2, 0.25) is 0 Å². The minimum atomic E-state index is -1.75. The van der Waals surface area contributed by atoms with Crippen LogP contribution in [-0.2, 0) is 38.1 Å². The Bertz CT molecular complexity index is 952. The fraction of sp³-hybridized carbons (Fsp3) is 0.783. The van der Waals surface area contributed by atoms with Crippen molar-refractivity contribution in [3.8, 4) is 0 Å². The van der Waals surface area contributed by atoms with Gasteiger partial charge in [-0.15, -0.1) is 0 Å². The van der Waals surface area contributed by atoms with E-state index in [9.17, 15) is 49.5 Å². The molecule has 14 atom stereocenters. The summed E-state index contributed by atoms with van der Waals surface area (Å²) in [6.45, 7) is -0.864. The van der Waals surface area contributed by atoms with Crippen LogP contribution in [0.25, 0.3) is 0 Å². The average molecular weight is 623 g/mol. The van der Waals surface area contributed by atoms with Gasteiger partial charge in [-0.3, -0.25) is 19.2 Å². The van der Waals surface area contributed by atoms with Gasteiger partial charge in [-0.25, -0.2) is 4.79 Å². The molecule has 2 aliphatic heterocycles. The standard InChI is InChI=1S/C23H38N6O14/c24-23(39)29-10-1-9(26-6-32)19(43-22-17(37)15(28-8-34)16(36)14(4-30)41-22)18(38)20(10)42-21-11(27-7-33)2-12(35)13(40-21)3-25-5-31/h5-22,30,35-38H,1-4H2,(H,25,31)(H,26,32)(H,27,33)(H,28,34)(H3,24,29,39)/t9-,10+,11-,12+,13-,14-,15+,16-,17-,18-,19+,20-,21-,22-/m1/s1. The van der Waals surface area contributed by atoms with E-state index in [2.05, 4.69) is 26.6 Å². The topological polar surface area (TPSA) is 310 Å². The highest BCUT2D eigenvalue weighted by Crippen LogP contribution is 2.32. The molecule has 3 rings (SSSR count). The van der Waals surface area contributed by atoms with Crippen LogP contribution in [0.3, 0.4) is 0 Å². The van der Waals surface area contributed by atoms with Crippen molar-refractivity contribution < 1.29 is 68.5 Å². The molecule has 244 valence electrons. The van der Waals surface area contributed by atoms with Crippen molar-refractivity contribution in [3.05, 3.63) is 0 Å². The van der Waals surface area contributed by atoms with Gasteiger partial charge in [0.1, 0.15) is 42.7 Å². The van der Waals surface area contributed by atoms with E-state index in [1.807, 2.05) is 0 Å². The zero-order chi connectivity index (χ0) is 31.7. The predicted octanol–water partition coefficient (Wildman–Crippen LogP) is -7.44. The number of amides is 6. The average Bonchev–Trinajstić information content (AvgIpc) is 2.96. The van der Waals surface area contributed by atoms with Gasteiger partial charge >= 0.3 is 6.03 Å². The first kappa shape index (κ1) is 34.3. The molecule has 2 heterocycles. The summed E-state index contributed by atoms with van der Waals surface area (Å²) in [5.74, 6) is 0. The Morgan fingerprint density at radius 3 is 1.98 bits per heavy atom. The summed E-state index contributed by atoms with van der Waals surface area (Å²) in [6, 6.07) is -5.50. The number of nitrogens with one attached hydrogen (secondary N) is 5. The largest absolute Gasteiger partial charge is 0.394 e. The van der Waals surface area contributed by atoms with Crippen LogP contribution in [-0.4, -0.2) is 156 Å². The van der Waals surface area contributed by atoms with Gasteiger partial charge < -0.3 is 76.8 Å². The zero-order valence-corrected chi connectivity index (χ0v) is 22.7. The first-order valence-corrected chi connectivity index (χ1v) is 13.4. The summed E-state index contributed by atoms with van der Waals surface area (Å²) >= 11 is 0. The monoisotopic (exact) mass is 622 g/mol. The Balaban J connectivity index is 1.91. The number of carbonyl (C=O) groups is 5. The van der Waals surface area contributed by atoms with Crippen LogP contribution in [0.5, 0.6) is 0 Å². The molecule has 43 heavy (non-hydrogen) atoms. The molecule has 0 aromatic rings. The third-order valence-corrected chi connectivity index (χ3v) is 7.56. The number of urea groups is 1. The fourth-order valence-electron chi connectivity index (χ4n) is 5.50. The second-order valence-corrected chi connectivity index (χ2v) is 10.2.